The molecule has 0 radical (unpaired) electrons. The Morgan fingerprint density at radius 2 is 1.53 bits per heavy atom. The van der Waals surface area contributed by atoms with Crippen LogP contribution in [0.2, 0.25) is 0 Å². The van der Waals surface area contributed by atoms with E-state index in [-0.39, 0.29) is 10.4 Å². The van der Waals surface area contributed by atoms with Crippen molar-refractivity contribution in [3.05, 3.63) is 71.3 Å². The normalized spacial score (nSPS) is 19.8. The number of carboxylic acids is 1. The molecule has 1 heterocycles. The second kappa shape index (κ2) is 9.39. The molecule has 7 nitrogen and oxygen atoms in total. The first kappa shape index (κ1) is 25.4. The number of nitrogens with one attached hydrogen (secondary N) is 2. The molecule has 0 saturated carbocycles. The van der Waals surface area contributed by atoms with Gasteiger partial charge < -0.3 is 15.7 Å². The molecule has 0 bridgehead atoms. The Morgan fingerprint density at radius 1 is 0.917 bits per heavy atom. The summed E-state index contributed by atoms with van der Waals surface area (Å²) in [5, 5.41) is 17.6. The molecule has 3 aromatic carbocycles. The molecule has 0 aromatic heterocycles. The number of hydrogen-bond acceptors (Lipinski definition) is 3. The number of hydrogen-bond donors (Lipinski definition) is 3. The minimum Gasteiger partial charge on any atom is -0.477 e. The predicted molar refractivity (Wildman–Crippen MR) is 142 cm³/mol. The van der Waals surface area contributed by atoms with E-state index in [0.717, 1.165) is 21.9 Å². The number of rotatable bonds is 4. The van der Waals surface area contributed by atoms with E-state index in [1.165, 1.54) is 0 Å². The fourth-order valence-corrected chi connectivity index (χ4v) is 5.59. The quantitative estimate of drug-likeness (QED) is 0.387. The molecule has 0 spiro atoms. The van der Waals surface area contributed by atoms with Crippen LogP contribution in [-0.2, 0) is 4.79 Å². The number of para-hydroxylation sites is 1. The van der Waals surface area contributed by atoms with E-state index >= 15 is 0 Å². The number of amides is 3. The van der Waals surface area contributed by atoms with Gasteiger partial charge in [-0.3, -0.25) is 0 Å². The van der Waals surface area contributed by atoms with Crippen LogP contribution < -0.4 is 10.6 Å². The molecule has 4 rings (SSSR count). The van der Waals surface area contributed by atoms with Gasteiger partial charge in [0.05, 0.1) is 17.8 Å². The topological polar surface area (TPSA) is 95.5 Å². The Labute approximate surface area is 211 Å². The zero-order valence-electron chi connectivity index (χ0n) is 21.5. The minimum absolute atomic E-state index is 0.201. The Bertz CT molecular complexity index is 1340. The van der Waals surface area contributed by atoms with Gasteiger partial charge in [0.15, 0.2) is 6.04 Å². The zero-order chi connectivity index (χ0) is 26.3. The van der Waals surface area contributed by atoms with Crippen molar-refractivity contribution in [3.8, 4) is 0 Å². The molecule has 188 valence electrons. The number of anilines is 2. The van der Waals surface area contributed by atoms with Gasteiger partial charge in [-0.25, -0.2) is 18.9 Å². The molecular formula is C29H34N3O4+. The Morgan fingerprint density at radius 3 is 2.11 bits per heavy atom. The van der Waals surface area contributed by atoms with Gasteiger partial charge in [0.1, 0.15) is 5.56 Å². The summed E-state index contributed by atoms with van der Waals surface area (Å²) in [4.78, 5) is 39.8. The van der Waals surface area contributed by atoms with Crippen LogP contribution in [0, 0.1) is 13.8 Å². The number of urea groups is 1. The first-order valence-electron chi connectivity index (χ1n) is 12.3. The van der Waals surface area contributed by atoms with Crippen molar-refractivity contribution in [1.82, 2.24) is 0 Å². The third-order valence-corrected chi connectivity index (χ3v) is 7.45. The number of quaternary nitrogens is 1. The molecule has 1 aliphatic rings. The van der Waals surface area contributed by atoms with E-state index in [1.54, 1.807) is 12.1 Å². The lowest BCUT2D eigenvalue weighted by Gasteiger charge is -2.46. The van der Waals surface area contributed by atoms with Crippen molar-refractivity contribution < 1.29 is 24.0 Å². The molecule has 2 atom stereocenters. The standard InChI is InChI=1S/C29H33N3O4/c1-18-10-8-11-19(2)25(18)31-28(36)30-23-17-21-13-7-6-12-20(21)16-22(23)26(33)32(29(3,4)5)15-9-14-24(32)27(34)35/h6-8,10-13,16-17,24H,9,14-15H2,1-5H3,(H2-,30,31,33,34,35,36)/p+1/t24-,32?/m0/s1. The van der Waals surface area contributed by atoms with E-state index in [4.69, 9.17) is 0 Å². The van der Waals surface area contributed by atoms with Crippen molar-refractivity contribution in [3.63, 3.8) is 0 Å². The molecule has 1 aliphatic heterocycles. The smallest absolute Gasteiger partial charge is 0.363 e. The largest absolute Gasteiger partial charge is 0.477 e. The Hall–Kier alpha value is -3.71. The summed E-state index contributed by atoms with van der Waals surface area (Å²) >= 11 is 0. The Kier molecular flexibility index (Phi) is 6.62. The average Bonchev–Trinajstić information content (AvgIpc) is 3.28. The van der Waals surface area contributed by atoms with Gasteiger partial charge in [-0.2, -0.15) is 0 Å². The second-order valence-electron chi connectivity index (χ2n) is 10.7. The fraction of sp³-hybridized carbons (Fsp3) is 0.345. The number of carbonyl (C=O) groups excluding carboxylic acids is 2. The summed E-state index contributed by atoms with van der Waals surface area (Å²) in [5.41, 5.74) is 2.60. The third kappa shape index (κ3) is 4.35. The van der Waals surface area contributed by atoms with E-state index < -0.39 is 23.6 Å². The first-order valence-corrected chi connectivity index (χ1v) is 12.3. The number of carbonyl (C=O) groups is 3. The van der Waals surface area contributed by atoms with Crippen molar-refractivity contribution in [1.29, 1.82) is 0 Å². The lowest BCUT2D eigenvalue weighted by molar-refractivity contribution is -0.899. The number of benzene rings is 3. The van der Waals surface area contributed by atoms with E-state index in [1.807, 2.05) is 77.1 Å². The SMILES string of the molecule is Cc1cccc(C)c1NC(=O)Nc1cc2ccccc2cc1C(=O)[N+]1(C(C)(C)C)CCC[C@H]1C(=O)O. The van der Waals surface area contributed by atoms with Crippen LogP contribution in [0.25, 0.3) is 10.8 Å². The van der Waals surface area contributed by atoms with Crippen LogP contribution in [0.15, 0.2) is 54.6 Å². The highest BCUT2D eigenvalue weighted by Gasteiger charge is 2.59. The summed E-state index contributed by atoms with van der Waals surface area (Å²) < 4.78 is -0.201. The van der Waals surface area contributed by atoms with Crippen molar-refractivity contribution in [2.45, 2.75) is 59.0 Å². The highest BCUT2D eigenvalue weighted by Crippen LogP contribution is 2.41. The molecule has 1 saturated heterocycles. The van der Waals surface area contributed by atoms with Crippen LogP contribution in [0.1, 0.15) is 55.1 Å². The monoisotopic (exact) mass is 488 g/mol. The van der Waals surface area contributed by atoms with Crippen LogP contribution in [0.4, 0.5) is 16.2 Å². The van der Waals surface area contributed by atoms with Gasteiger partial charge in [-0.15, -0.1) is 0 Å². The number of aliphatic carboxylic acids is 1. The molecule has 1 unspecified atom stereocenters. The predicted octanol–water partition coefficient (Wildman–Crippen LogP) is 6.10. The van der Waals surface area contributed by atoms with Crippen molar-refractivity contribution in [2.24, 2.45) is 0 Å². The maximum Gasteiger partial charge on any atom is 0.363 e. The van der Waals surface area contributed by atoms with Crippen LogP contribution in [-0.4, -0.2) is 45.6 Å². The molecule has 7 heteroatoms. The summed E-state index contributed by atoms with van der Waals surface area (Å²) in [6.45, 7) is 10.0. The van der Waals surface area contributed by atoms with E-state index in [9.17, 15) is 19.5 Å². The molecular weight excluding hydrogens is 454 g/mol. The highest BCUT2D eigenvalue weighted by atomic mass is 16.4. The highest BCUT2D eigenvalue weighted by molar-refractivity contribution is 6.08. The summed E-state index contributed by atoms with van der Waals surface area (Å²) in [6, 6.07) is 15.6. The zero-order valence-corrected chi connectivity index (χ0v) is 21.5. The number of likely N-dealkylation sites (tertiary alicyclic amines) is 1. The molecule has 3 N–H and O–H groups in total. The number of aryl methyl sites for hydroxylation is 2. The first-order chi connectivity index (χ1) is 17.0. The van der Waals surface area contributed by atoms with Crippen LogP contribution in [0.5, 0.6) is 0 Å². The molecule has 0 aliphatic carbocycles. The molecule has 36 heavy (non-hydrogen) atoms. The summed E-state index contributed by atoms with van der Waals surface area (Å²) in [6.07, 6.45) is 1.07. The number of fused-ring (bicyclic) bond motifs is 1. The fourth-order valence-electron chi connectivity index (χ4n) is 5.59. The summed E-state index contributed by atoms with van der Waals surface area (Å²) in [5.74, 6) is -1.26. The average molecular weight is 489 g/mol. The lowest BCUT2D eigenvalue weighted by atomic mass is 9.94. The van der Waals surface area contributed by atoms with Crippen LogP contribution >= 0.6 is 0 Å². The van der Waals surface area contributed by atoms with Gasteiger partial charge in [-0.05, 0) is 68.7 Å². The van der Waals surface area contributed by atoms with Crippen molar-refractivity contribution in [2.75, 3.05) is 17.2 Å². The van der Waals surface area contributed by atoms with Gasteiger partial charge in [0.25, 0.3) is 0 Å². The van der Waals surface area contributed by atoms with E-state index in [2.05, 4.69) is 10.6 Å². The van der Waals surface area contributed by atoms with Crippen molar-refractivity contribution >= 4 is 40.1 Å². The number of carboxylic acid groups (broad SMARTS) is 1. The van der Waals surface area contributed by atoms with Gasteiger partial charge >= 0.3 is 17.9 Å². The molecule has 3 amide bonds. The second-order valence-corrected chi connectivity index (χ2v) is 10.7. The van der Waals surface area contributed by atoms with Gasteiger partial charge in [0, 0.05) is 18.5 Å². The number of nitrogens with zero attached hydrogens (tertiary/aromatic N) is 1. The van der Waals surface area contributed by atoms with Gasteiger partial charge in [0.2, 0.25) is 0 Å². The maximum absolute atomic E-state index is 14.4. The minimum atomic E-state index is -0.973. The van der Waals surface area contributed by atoms with Gasteiger partial charge in [-0.1, -0.05) is 42.5 Å². The summed E-state index contributed by atoms with van der Waals surface area (Å²) in [7, 11) is 0. The Balaban J connectivity index is 1.81. The van der Waals surface area contributed by atoms with E-state index in [0.29, 0.717) is 36.3 Å². The van der Waals surface area contributed by atoms with Crippen LogP contribution in [0.3, 0.4) is 0 Å². The molecule has 1 fully saturated rings. The maximum atomic E-state index is 14.4. The molecule has 3 aromatic rings. The lowest BCUT2D eigenvalue weighted by Crippen LogP contribution is -2.68. The third-order valence-electron chi connectivity index (χ3n) is 7.45.